The van der Waals surface area contributed by atoms with E-state index in [0.717, 1.165) is 43.5 Å². The van der Waals surface area contributed by atoms with Crippen molar-refractivity contribution in [1.29, 1.82) is 0 Å². The lowest BCUT2D eigenvalue weighted by Gasteiger charge is -2.37. The summed E-state index contributed by atoms with van der Waals surface area (Å²) in [7, 11) is 3.47. The van der Waals surface area contributed by atoms with Crippen molar-refractivity contribution >= 4 is 11.6 Å². The maximum Gasteiger partial charge on any atom is 0.194 e. The first kappa shape index (κ1) is 18.0. The first-order valence-electron chi connectivity index (χ1n) is 8.78. The van der Waals surface area contributed by atoms with Crippen molar-refractivity contribution in [1.82, 2.24) is 10.2 Å². The van der Waals surface area contributed by atoms with Gasteiger partial charge in [0.05, 0.1) is 7.11 Å². The molecule has 1 fully saturated rings. The zero-order chi connectivity index (χ0) is 18.4. The fraction of sp³-hybridized carbons (Fsp3) is 0.350. The van der Waals surface area contributed by atoms with Crippen LogP contribution in [0.5, 0.6) is 5.75 Å². The summed E-state index contributed by atoms with van der Waals surface area (Å²) in [5.41, 5.74) is 2.08. The molecule has 0 amide bonds. The highest BCUT2D eigenvalue weighted by molar-refractivity contribution is 5.80. The Kier molecular flexibility index (Phi) is 5.94. The van der Waals surface area contributed by atoms with Gasteiger partial charge < -0.3 is 19.9 Å². The van der Waals surface area contributed by atoms with Gasteiger partial charge in [0.15, 0.2) is 5.96 Å². The number of guanidine groups is 1. The van der Waals surface area contributed by atoms with Gasteiger partial charge in [-0.15, -0.1) is 0 Å². The third kappa shape index (κ3) is 4.45. The zero-order valence-corrected chi connectivity index (χ0v) is 15.3. The van der Waals surface area contributed by atoms with E-state index in [-0.39, 0.29) is 5.82 Å². The minimum Gasteiger partial charge on any atom is -0.497 e. The summed E-state index contributed by atoms with van der Waals surface area (Å²) in [6.45, 7) is 4.13. The molecular formula is C20H25FN4O. The first-order valence-corrected chi connectivity index (χ1v) is 8.78. The second-order valence-corrected chi connectivity index (χ2v) is 6.21. The summed E-state index contributed by atoms with van der Waals surface area (Å²) in [5.74, 6) is 1.50. The minimum atomic E-state index is -0.216. The Balaban J connectivity index is 1.55. The summed E-state index contributed by atoms with van der Waals surface area (Å²) in [4.78, 5) is 8.95. The number of ether oxygens (including phenoxy) is 1. The number of hydrogen-bond donors (Lipinski definition) is 1. The van der Waals surface area contributed by atoms with Gasteiger partial charge in [0.25, 0.3) is 0 Å². The molecule has 0 aliphatic carbocycles. The van der Waals surface area contributed by atoms with Gasteiger partial charge in [-0.3, -0.25) is 4.99 Å². The molecule has 5 nitrogen and oxygen atoms in total. The third-order valence-electron chi connectivity index (χ3n) is 4.55. The van der Waals surface area contributed by atoms with Crippen molar-refractivity contribution in [3.05, 3.63) is 59.9 Å². The summed E-state index contributed by atoms with van der Waals surface area (Å²) >= 11 is 0. The number of rotatable bonds is 4. The molecule has 6 heteroatoms. The SMILES string of the molecule is CN=C(NCc1cccc(F)c1)N1CCN(c2cccc(OC)c2)CC1. The van der Waals surface area contributed by atoms with Gasteiger partial charge >= 0.3 is 0 Å². The standard InChI is InChI=1S/C20H25FN4O/c1-22-20(23-15-16-5-3-6-17(21)13-16)25-11-9-24(10-12-25)18-7-4-8-19(14-18)26-2/h3-8,13-14H,9-12,15H2,1-2H3,(H,22,23). The predicted molar refractivity (Wildman–Crippen MR) is 103 cm³/mol. The van der Waals surface area contributed by atoms with Crippen molar-refractivity contribution in [2.45, 2.75) is 6.54 Å². The Hall–Kier alpha value is -2.76. The molecule has 1 N–H and O–H groups in total. The number of aliphatic imine (C=N–C) groups is 1. The molecule has 0 bridgehead atoms. The van der Waals surface area contributed by atoms with E-state index in [1.807, 2.05) is 18.2 Å². The monoisotopic (exact) mass is 356 g/mol. The molecule has 0 radical (unpaired) electrons. The number of anilines is 1. The highest BCUT2D eigenvalue weighted by atomic mass is 19.1. The summed E-state index contributed by atoms with van der Waals surface area (Å²) in [6, 6.07) is 14.8. The molecule has 0 spiro atoms. The molecule has 0 saturated carbocycles. The van der Waals surface area contributed by atoms with Crippen LogP contribution in [0.1, 0.15) is 5.56 Å². The maximum absolute atomic E-state index is 13.3. The van der Waals surface area contributed by atoms with E-state index >= 15 is 0 Å². The van der Waals surface area contributed by atoms with Crippen LogP contribution in [-0.2, 0) is 6.54 Å². The minimum absolute atomic E-state index is 0.216. The van der Waals surface area contributed by atoms with Crippen LogP contribution < -0.4 is 15.0 Å². The van der Waals surface area contributed by atoms with E-state index < -0.39 is 0 Å². The number of hydrogen-bond acceptors (Lipinski definition) is 3. The number of methoxy groups -OCH3 is 1. The van der Waals surface area contributed by atoms with Crippen molar-refractivity contribution in [3.8, 4) is 5.75 Å². The Morgan fingerprint density at radius 2 is 1.88 bits per heavy atom. The fourth-order valence-electron chi connectivity index (χ4n) is 3.14. The molecule has 0 atom stereocenters. The number of nitrogens with zero attached hydrogens (tertiary/aromatic N) is 3. The van der Waals surface area contributed by atoms with Gasteiger partial charge in [0, 0.05) is 51.5 Å². The second kappa shape index (κ2) is 8.56. The molecular weight excluding hydrogens is 331 g/mol. The second-order valence-electron chi connectivity index (χ2n) is 6.21. The number of nitrogens with one attached hydrogen (secondary N) is 1. The number of piperazine rings is 1. The smallest absolute Gasteiger partial charge is 0.194 e. The van der Waals surface area contributed by atoms with E-state index in [9.17, 15) is 4.39 Å². The third-order valence-corrected chi connectivity index (χ3v) is 4.55. The lowest BCUT2D eigenvalue weighted by molar-refractivity contribution is 0.372. The molecule has 1 saturated heterocycles. The zero-order valence-electron chi connectivity index (χ0n) is 15.3. The van der Waals surface area contributed by atoms with Gasteiger partial charge in [-0.2, -0.15) is 0 Å². The van der Waals surface area contributed by atoms with E-state index in [1.54, 1.807) is 26.3 Å². The maximum atomic E-state index is 13.3. The molecule has 0 unspecified atom stereocenters. The van der Waals surface area contributed by atoms with Crippen LogP contribution in [0.3, 0.4) is 0 Å². The van der Waals surface area contributed by atoms with Crippen LogP contribution in [0.2, 0.25) is 0 Å². The Morgan fingerprint density at radius 3 is 2.58 bits per heavy atom. The van der Waals surface area contributed by atoms with Gasteiger partial charge in [-0.1, -0.05) is 18.2 Å². The molecule has 1 heterocycles. The summed E-state index contributed by atoms with van der Waals surface area (Å²) in [6.07, 6.45) is 0. The lowest BCUT2D eigenvalue weighted by Crippen LogP contribution is -2.52. The van der Waals surface area contributed by atoms with Crippen LogP contribution in [-0.4, -0.2) is 51.2 Å². The fourth-order valence-corrected chi connectivity index (χ4v) is 3.14. The number of benzene rings is 2. The largest absolute Gasteiger partial charge is 0.497 e. The Labute approximate surface area is 154 Å². The molecule has 0 aromatic heterocycles. The van der Waals surface area contributed by atoms with Gasteiger partial charge in [-0.05, 0) is 29.8 Å². The average Bonchev–Trinajstić information content (AvgIpc) is 2.69. The van der Waals surface area contributed by atoms with Gasteiger partial charge in [-0.25, -0.2) is 4.39 Å². The normalized spacial score (nSPS) is 15.1. The topological polar surface area (TPSA) is 40.1 Å². The highest BCUT2D eigenvalue weighted by Gasteiger charge is 2.20. The van der Waals surface area contributed by atoms with E-state index in [0.29, 0.717) is 6.54 Å². The summed E-state index contributed by atoms with van der Waals surface area (Å²) in [5, 5.41) is 3.33. The van der Waals surface area contributed by atoms with E-state index in [2.05, 4.69) is 32.2 Å². The molecule has 1 aliphatic rings. The van der Waals surface area contributed by atoms with E-state index in [1.165, 1.54) is 11.8 Å². The van der Waals surface area contributed by atoms with Crippen LogP contribution in [0.25, 0.3) is 0 Å². The van der Waals surface area contributed by atoms with Crippen LogP contribution in [0.15, 0.2) is 53.5 Å². The van der Waals surface area contributed by atoms with Crippen molar-refractivity contribution in [3.63, 3.8) is 0 Å². The molecule has 138 valence electrons. The number of halogens is 1. The highest BCUT2D eigenvalue weighted by Crippen LogP contribution is 2.22. The van der Waals surface area contributed by atoms with Gasteiger partial charge in [0.2, 0.25) is 0 Å². The molecule has 26 heavy (non-hydrogen) atoms. The van der Waals surface area contributed by atoms with Crippen LogP contribution in [0.4, 0.5) is 10.1 Å². The van der Waals surface area contributed by atoms with Crippen LogP contribution >= 0.6 is 0 Å². The van der Waals surface area contributed by atoms with Crippen LogP contribution in [0, 0.1) is 5.82 Å². The first-order chi connectivity index (χ1) is 12.7. The molecule has 3 rings (SSSR count). The molecule has 2 aromatic rings. The quantitative estimate of drug-likeness (QED) is 0.676. The average molecular weight is 356 g/mol. The van der Waals surface area contributed by atoms with Crippen molar-refractivity contribution in [2.75, 3.05) is 45.2 Å². The van der Waals surface area contributed by atoms with E-state index in [4.69, 9.17) is 4.74 Å². The predicted octanol–water partition coefficient (Wildman–Crippen LogP) is 2.73. The molecule has 2 aromatic carbocycles. The Bertz CT molecular complexity index is 757. The lowest BCUT2D eigenvalue weighted by atomic mass is 10.2. The summed E-state index contributed by atoms with van der Waals surface area (Å²) < 4.78 is 18.6. The van der Waals surface area contributed by atoms with Crippen molar-refractivity contribution < 1.29 is 9.13 Å². The van der Waals surface area contributed by atoms with Gasteiger partial charge in [0.1, 0.15) is 11.6 Å². The molecule has 1 aliphatic heterocycles. The van der Waals surface area contributed by atoms with Crippen molar-refractivity contribution in [2.24, 2.45) is 4.99 Å². The Morgan fingerprint density at radius 1 is 1.12 bits per heavy atom.